The van der Waals surface area contributed by atoms with Crippen LogP contribution in [0.3, 0.4) is 0 Å². The lowest BCUT2D eigenvalue weighted by atomic mass is 9.83. The zero-order valence-corrected chi connectivity index (χ0v) is 15.5. The van der Waals surface area contributed by atoms with E-state index >= 15 is 0 Å². The second-order valence-electron chi connectivity index (χ2n) is 5.95. The smallest absolute Gasteiger partial charge is 0.0878 e. The van der Waals surface area contributed by atoms with Crippen molar-refractivity contribution < 1.29 is 5.21 Å². The summed E-state index contributed by atoms with van der Waals surface area (Å²) in [5.41, 5.74) is 5.18. The number of benzene rings is 2. The van der Waals surface area contributed by atoms with E-state index in [1.807, 2.05) is 30.3 Å². The van der Waals surface area contributed by atoms with Gasteiger partial charge in [-0.3, -0.25) is 4.98 Å². The van der Waals surface area contributed by atoms with E-state index in [1.54, 1.807) is 12.4 Å². The Kier molecular flexibility index (Phi) is 5.61. The second-order valence-corrected chi connectivity index (χ2v) is 6.86. The molecule has 1 atom stereocenters. The van der Waals surface area contributed by atoms with Crippen molar-refractivity contribution in [1.29, 1.82) is 0 Å². The summed E-state index contributed by atoms with van der Waals surface area (Å²) in [5.74, 6) is 0.105. The van der Waals surface area contributed by atoms with Gasteiger partial charge in [0.1, 0.15) is 0 Å². The van der Waals surface area contributed by atoms with Crippen molar-refractivity contribution in [2.45, 2.75) is 19.3 Å². The Morgan fingerprint density at radius 3 is 2.36 bits per heavy atom. The number of oxime groups is 1. The molecule has 1 aromatic heterocycles. The van der Waals surface area contributed by atoms with Gasteiger partial charge in [-0.25, -0.2) is 0 Å². The number of aryl methyl sites for hydroxylation is 1. The highest BCUT2D eigenvalue weighted by Gasteiger charge is 2.20. The summed E-state index contributed by atoms with van der Waals surface area (Å²) >= 11 is 3.50. The molecule has 0 fully saturated rings. The van der Waals surface area contributed by atoms with Gasteiger partial charge in [-0.1, -0.05) is 57.5 Å². The predicted octanol–water partition coefficient (Wildman–Crippen LogP) is 5.55. The highest BCUT2D eigenvalue weighted by molar-refractivity contribution is 9.10. The van der Waals surface area contributed by atoms with Gasteiger partial charge in [-0.2, -0.15) is 0 Å². The van der Waals surface area contributed by atoms with Gasteiger partial charge in [-0.15, -0.1) is 0 Å². The van der Waals surface area contributed by atoms with E-state index in [1.165, 1.54) is 16.7 Å². The summed E-state index contributed by atoms with van der Waals surface area (Å²) in [4.78, 5) is 4.04. The third-order valence-corrected chi connectivity index (χ3v) is 4.90. The van der Waals surface area contributed by atoms with Gasteiger partial charge >= 0.3 is 0 Å². The van der Waals surface area contributed by atoms with Crippen LogP contribution < -0.4 is 0 Å². The van der Waals surface area contributed by atoms with Crippen LogP contribution in [0.1, 0.15) is 34.6 Å². The van der Waals surface area contributed by atoms with Gasteiger partial charge in [0, 0.05) is 34.8 Å². The van der Waals surface area contributed by atoms with Crippen LogP contribution in [0.5, 0.6) is 0 Å². The van der Waals surface area contributed by atoms with Crippen LogP contribution in [0, 0.1) is 6.92 Å². The molecule has 0 radical (unpaired) electrons. The Morgan fingerprint density at radius 1 is 1.04 bits per heavy atom. The second kappa shape index (κ2) is 8.08. The fraction of sp³-hybridized carbons (Fsp3) is 0.143. The van der Waals surface area contributed by atoms with Gasteiger partial charge in [0.05, 0.1) is 5.71 Å². The molecule has 3 rings (SSSR count). The first kappa shape index (κ1) is 17.4. The first-order valence-corrected chi connectivity index (χ1v) is 8.90. The average Bonchev–Trinajstić information content (AvgIpc) is 2.65. The van der Waals surface area contributed by atoms with E-state index in [-0.39, 0.29) is 5.92 Å². The topological polar surface area (TPSA) is 45.5 Å². The van der Waals surface area contributed by atoms with E-state index in [2.05, 4.69) is 63.3 Å². The molecule has 0 aliphatic carbocycles. The molecule has 3 aromatic rings. The maximum absolute atomic E-state index is 9.60. The SMILES string of the molecule is Cc1ccccc1C(C/C(=N/O)c1ccncc1)c1ccc(Br)cc1. The third kappa shape index (κ3) is 4.15. The molecular weight excluding hydrogens is 376 g/mol. The Bertz CT molecular complexity index is 861. The lowest BCUT2D eigenvalue weighted by Crippen LogP contribution is -2.11. The van der Waals surface area contributed by atoms with Gasteiger partial charge in [0.2, 0.25) is 0 Å². The van der Waals surface area contributed by atoms with Crippen molar-refractivity contribution in [3.63, 3.8) is 0 Å². The van der Waals surface area contributed by atoms with Crippen LogP contribution in [0.15, 0.2) is 82.7 Å². The summed E-state index contributed by atoms with van der Waals surface area (Å²) in [5, 5.41) is 13.2. The average molecular weight is 395 g/mol. The molecular formula is C21H19BrN2O. The first-order chi connectivity index (χ1) is 12.2. The van der Waals surface area contributed by atoms with Gasteiger partial charge in [0.15, 0.2) is 0 Å². The Morgan fingerprint density at radius 2 is 1.72 bits per heavy atom. The quantitative estimate of drug-likeness (QED) is 0.350. The fourth-order valence-corrected chi connectivity index (χ4v) is 3.30. The number of hydrogen-bond donors (Lipinski definition) is 1. The summed E-state index contributed by atoms with van der Waals surface area (Å²) in [6, 6.07) is 20.4. The van der Waals surface area contributed by atoms with Crippen LogP contribution in [0.25, 0.3) is 0 Å². The lowest BCUT2D eigenvalue weighted by molar-refractivity contribution is 0.317. The van der Waals surface area contributed by atoms with Crippen LogP contribution in [-0.4, -0.2) is 15.9 Å². The largest absolute Gasteiger partial charge is 0.411 e. The van der Waals surface area contributed by atoms with Gasteiger partial charge in [0.25, 0.3) is 0 Å². The molecule has 0 spiro atoms. The maximum atomic E-state index is 9.60. The Balaban J connectivity index is 2.02. The number of nitrogens with zero attached hydrogens (tertiary/aromatic N) is 2. The summed E-state index contributed by atoms with van der Waals surface area (Å²) in [6.07, 6.45) is 4.03. The molecule has 1 heterocycles. The molecule has 0 saturated carbocycles. The minimum Gasteiger partial charge on any atom is -0.411 e. The standard InChI is InChI=1S/C21H19BrN2O/c1-15-4-2-3-5-19(15)20(16-6-8-18(22)9-7-16)14-21(24-25)17-10-12-23-13-11-17/h2-13,20,25H,14H2,1H3/b24-21-. The van der Waals surface area contributed by atoms with Crippen LogP contribution in [0.4, 0.5) is 0 Å². The lowest BCUT2D eigenvalue weighted by Gasteiger charge is -2.21. The molecule has 25 heavy (non-hydrogen) atoms. The van der Waals surface area contributed by atoms with Gasteiger partial charge in [-0.05, 0) is 47.9 Å². The van der Waals surface area contributed by atoms with Crippen molar-refractivity contribution in [1.82, 2.24) is 4.98 Å². The molecule has 126 valence electrons. The third-order valence-electron chi connectivity index (χ3n) is 4.37. The molecule has 0 aliphatic rings. The first-order valence-electron chi connectivity index (χ1n) is 8.11. The molecule has 0 amide bonds. The molecule has 3 nitrogen and oxygen atoms in total. The van der Waals surface area contributed by atoms with E-state index in [0.717, 1.165) is 10.0 Å². The molecule has 4 heteroatoms. The van der Waals surface area contributed by atoms with E-state index in [9.17, 15) is 5.21 Å². The van der Waals surface area contributed by atoms with E-state index in [4.69, 9.17) is 0 Å². The highest BCUT2D eigenvalue weighted by Crippen LogP contribution is 2.32. The van der Waals surface area contributed by atoms with Crippen molar-refractivity contribution >= 4 is 21.6 Å². The number of halogens is 1. The number of aromatic nitrogens is 1. The Hall–Kier alpha value is -2.46. The monoisotopic (exact) mass is 394 g/mol. The van der Waals surface area contributed by atoms with E-state index < -0.39 is 0 Å². The normalized spacial score (nSPS) is 12.8. The van der Waals surface area contributed by atoms with Crippen LogP contribution in [-0.2, 0) is 0 Å². The summed E-state index contributed by atoms with van der Waals surface area (Å²) in [6.45, 7) is 2.11. The minimum atomic E-state index is 0.105. The molecule has 1 unspecified atom stereocenters. The fourth-order valence-electron chi connectivity index (χ4n) is 3.03. The minimum absolute atomic E-state index is 0.105. The number of hydrogen-bond acceptors (Lipinski definition) is 3. The predicted molar refractivity (Wildman–Crippen MR) is 104 cm³/mol. The van der Waals surface area contributed by atoms with Crippen molar-refractivity contribution in [3.05, 3.63) is 99.8 Å². The number of rotatable bonds is 5. The maximum Gasteiger partial charge on any atom is 0.0878 e. The molecule has 0 aliphatic heterocycles. The van der Waals surface area contributed by atoms with Crippen molar-refractivity contribution in [3.8, 4) is 0 Å². The zero-order valence-electron chi connectivity index (χ0n) is 13.9. The summed E-state index contributed by atoms with van der Waals surface area (Å²) < 4.78 is 1.05. The summed E-state index contributed by atoms with van der Waals surface area (Å²) in [7, 11) is 0. The number of pyridine rings is 1. The molecule has 2 aromatic carbocycles. The van der Waals surface area contributed by atoms with Crippen molar-refractivity contribution in [2.24, 2.45) is 5.16 Å². The van der Waals surface area contributed by atoms with Crippen LogP contribution in [0.2, 0.25) is 0 Å². The Labute approximate surface area is 156 Å². The van der Waals surface area contributed by atoms with E-state index in [0.29, 0.717) is 12.1 Å². The molecule has 1 N–H and O–H groups in total. The highest BCUT2D eigenvalue weighted by atomic mass is 79.9. The zero-order chi connectivity index (χ0) is 17.6. The van der Waals surface area contributed by atoms with Crippen molar-refractivity contribution in [2.75, 3.05) is 0 Å². The molecule has 0 saturated heterocycles. The van der Waals surface area contributed by atoms with Crippen LogP contribution >= 0.6 is 15.9 Å². The van der Waals surface area contributed by atoms with Gasteiger partial charge < -0.3 is 5.21 Å². The molecule has 0 bridgehead atoms.